The van der Waals surface area contributed by atoms with Crippen molar-refractivity contribution in [1.29, 1.82) is 0 Å². The van der Waals surface area contributed by atoms with Gasteiger partial charge in [0.05, 0.1) is 22.9 Å². The van der Waals surface area contributed by atoms with Crippen LogP contribution < -0.4 is 10.6 Å². The summed E-state index contributed by atoms with van der Waals surface area (Å²) in [6.45, 7) is 2.07. The van der Waals surface area contributed by atoms with E-state index < -0.39 is 0 Å². The zero-order valence-electron chi connectivity index (χ0n) is 12.9. The molecular weight excluding hydrogens is 328 g/mol. The molecule has 1 amide bonds. The van der Waals surface area contributed by atoms with Crippen LogP contribution in [-0.4, -0.2) is 32.7 Å². The molecule has 24 heavy (non-hydrogen) atoms. The number of carbonyl (C=O) groups is 1. The zero-order valence-corrected chi connectivity index (χ0v) is 13.7. The number of aromatic nitrogens is 4. The van der Waals surface area contributed by atoms with Gasteiger partial charge in [0.15, 0.2) is 0 Å². The van der Waals surface area contributed by atoms with Crippen molar-refractivity contribution in [2.75, 3.05) is 17.2 Å². The van der Waals surface area contributed by atoms with Gasteiger partial charge in [-0.15, -0.1) is 5.10 Å². The molecule has 122 valence electrons. The summed E-state index contributed by atoms with van der Waals surface area (Å²) in [7, 11) is 0. The van der Waals surface area contributed by atoms with E-state index in [1.807, 2.05) is 37.3 Å². The fraction of sp³-hybridized carbons (Fsp3) is 0.125. The first-order chi connectivity index (χ1) is 11.6. The monoisotopic (exact) mass is 342 g/mol. The zero-order chi connectivity index (χ0) is 16.9. The number of rotatable bonds is 5. The first-order valence-corrected chi connectivity index (χ1v) is 7.63. The number of anilines is 2. The first kappa shape index (κ1) is 15.9. The second-order valence-corrected chi connectivity index (χ2v) is 5.54. The summed E-state index contributed by atoms with van der Waals surface area (Å²) in [6, 6.07) is 12.8. The van der Waals surface area contributed by atoms with Gasteiger partial charge in [0.25, 0.3) is 0 Å². The van der Waals surface area contributed by atoms with Gasteiger partial charge in [-0.25, -0.2) is 4.68 Å². The second kappa shape index (κ2) is 7.10. The maximum Gasteiger partial charge on any atom is 0.243 e. The minimum Gasteiger partial charge on any atom is -0.376 e. The van der Waals surface area contributed by atoms with E-state index in [0.29, 0.717) is 10.7 Å². The van der Waals surface area contributed by atoms with Crippen LogP contribution in [0.5, 0.6) is 0 Å². The van der Waals surface area contributed by atoms with Crippen molar-refractivity contribution in [1.82, 2.24) is 20.2 Å². The molecule has 8 heteroatoms. The molecule has 2 aromatic carbocycles. The standard InChI is InChI=1S/C16H15ClN6O/c1-11-6-7-12(23-10-19-21-22-23)8-15(11)18-9-16(24)20-14-5-3-2-4-13(14)17/h2-8,10,18H,9H2,1H3,(H,20,24). The van der Waals surface area contributed by atoms with E-state index in [1.165, 1.54) is 6.33 Å². The van der Waals surface area contributed by atoms with E-state index in [0.717, 1.165) is 16.9 Å². The van der Waals surface area contributed by atoms with Crippen molar-refractivity contribution in [2.24, 2.45) is 0 Å². The largest absolute Gasteiger partial charge is 0.376 e. The number of halogens is 1. The average molecular weight is 343 g/mol. The van der Waals surface area contributed by atoms with Crippen molar-refractivity contribution in [3.05, 3.63) is 59.4 Å². The summed E-state index contributed by atoms with van der Waals surface area (Å²) in [5.74, 6) is -0.185. The molecule has 0 aliphatic rings. The third-order valence-corrected chi connectivity index (χ3v) is 3.75. The number of para-hydroxylation sites is 1. The number of benzene rings is 2. The number of hydrogen-bond donors (Lipinski definition) is 2. The van der Waals surface area contributed by atoms with Crippen molar-refractivity contribution in [3.63, 3.8) is 0 Å². The smallest absolute Gasteiger partial charge is 0.243 e. The van der Waals surface area contributed by atoms with Crippen molar-refractivity contribution in [3.8, 4) is 5.69 Å². The van der Waals surface area contributed by atoms with E-state index >= 15 is 0 Å². The predicted octanol–water partition coefficient (Wildman–Crippen LogP) is 2.67. The van der Waals surface area contributed by atoms with Crippen LogP contribution in [0.15, 0.2) is 48.8 Å². The molecule has 0 aliphatic carbocycles. The summed E-state index contributed by atoms with van der Waals surface area (Å²) in [4.78, 5) is 12.1. The molecule has 0 unspecified atom stereocenters. The second-order valence-electron chi connectivity index (χ2n) is 5.14. The lowest BCUT2D eigenvalue weighted by Gasteiger charge is -2.12. The van der Waals surface area contributed by atoms with Gasteiger partial charge in [-0.05, 0) is 47.2 Å². The van der Waals surface area contributed by atoms with Crippen LogP contribution in [0.25, 0.3) is 5.69 Å². The fourth-order valence-electron chi connectivity index (χ4n) is 2.16. The Balaban J connectivity index is 1.67. The number of nitrogens with one attached hydrogen (secondary N) is 2. The summed E-state index contributed by atoms with van der Waals surface area (Å²) in [5, 5.41) is 17.5. The molecule has 0 saturated heterocycles. The van der Waals surface area contributed by atoms with E-state index in [9.17, 15) is 4.79 Å². The molecule has 0 saturated carbocycles. The van der Waals surface area contributed by atoms with Gasteiger partial charge < -0.3 is 10.6 Å². The van der Waals surface area contributed by atoms with Crippen molar-refractivity contribution in [2.45, 2.75) is 6.92 Å². The Labute approximate surface area is 143 Å². The lowest BCUT2D eigenvalue weighted by atomic mass is 10.2. The highest BCUT2D eigenvalue weighted by Crippen LogP contribution is 2.21. The molecule has 1 aromatic heterocycles. The van der Waals surface area contributed by atoms with E-state index in [2.05, 4.69) is 26.2 Å². The number of hydrogen-bond acceptors (Lipinski definition) is 5. The fourth-order valence-corrected chi connectivity index (χ4v) is 2.34. The minimum absolute atomic E-state index is 0.116. The Morgan fingerprint density at radius 2 is 2.04 bits per heavy atom. The normalized spacial score (nSPS) is 10.4. The molecule has 2 N–H and O–H groups in total. The molecule has 3 aromatic rings. The lowest BCUT2D eigenvalue weighted by molar-refractivity contribution is -0.114. The van der Waals surface area contributed by atoms with Crippen LogP contribution in [0.2, 0.25) is 5.02 Å². The van der Waals surface area contributed by atoms with Gasteiger partial charge in [0, 0.05) is 5.69 Å². The maximum absolute atomic E-state index is 12.1. The molecule has 0 bridgehead atoms. The molecule has 0 atom stereocenters. The Morgan fingerprint density at radius 1 is 1.21 bits per heavy atom. The first-order valence-electron chi connectivity index (χ1n) is 7.26. The van der Waals surface area contributed by atoms with Gasteiger partial charge in [0.2, 0.25) is 5.91 Å². The number of carbonyl (C=O) groups excluding carboxylic acids is 1. The summed E-state index contributed by atoms with van der Waals surface area (Å²) in [6.07, 6.45) is 1.51. The minimum atomic E-state index is -0.185. The number of tetrazole rings is 1. The third-order valence-electron chi connectivity index (χ3n) is 3.42. The molecule has 0 spiro atoms. The van der Waals surface area contributed by atoms with Gasteiger partial charge in [-0.1, -0.05) is 29.8 Å². The molecule has 0 aliphatic heterocycles. The number of nitrogens with zero attached hydrogens (tertiary/aromatic N) is 4. The van der Waals surface area contributed by atoms with E-state index in [-0.39, 0.29) is 12.5 Å². The molecule has 7 nitrogen and oxygen atoms in total. The molecule has 1 heterocycles. The number of aryl methyl sites for hydroxylation is 1. The molecule has 0 fully saturated rings. The quantitative estimate of drug-likeness (QED) is 0.744. The predicted molar refractivity (Wildman–Crippen MR) is 92.5 cm³/mol. The average Bonchev–Trinajstić information content (AvgIpc) is 3.11. The maximum atomic E-state index is 12.1. The Hall–Kier alpha value is -2.93. The Kier molecular flexibility index (Phi) is 4.72. The molecular formula is C16H15ClN6O. The van der Waals surface area contributed by atoms with Crippen LogP contribution in [0.1, 0.15) is 5.56 Å². The third kappa shape index (κ3) is 3.69. The Morgan fingerprint density at radius 3 is 2.79 bits per heavy atom. The van der Waals surface area contributed by atoms with Crippen LogP contribution in [0.3, 0.4) is 0 Å². The van der Waals surface area contributed by atoms with Crippen LogP contribution in [-0.2, 0) is 4.79 Å². The van der Waals surface area contributed by atoms with Crippen molar-refractivity contribution < 1.29 is 4.79 Å². The molecule has 3 rings (SSSR count). The van der Waals surface area contributed by atoms with E-state index in [4.69, 9.17) is 11.6 Å². The van der Waals surface area contributed by atoms with Gasteiger partial charge in [-0.2, -0.15) is 0 Å². The molecule has 0 radical (unpaired) electrons. The van der Waals surface area contributed by atoms with Gasteiger partial charge >= 0.3 is 0 Å². The highest BCUT2D eigenvalue weighted by atomic mass is 35.5. The van der Waals surface area contributed by atoms with Crippen molar-refractivity contribution >= 4 is 28.9 Å². The number of amides is 1. The highest BCUT2D eigenvalue weighted by molar-refractivity contribution is 6.33. The van der Waals surface area contributed by atoms with Crippen LogP contribution in [0, 0.1) is 6.92 Å². The topological polar surface area (TPSA) is 84.7 Å². The lowest BCUT2D eigenvalue weighted by Crippen LogP contribution is -2.22. The Bertz CT molecular complexity index is 850. The van der Waals surface area contributed by atoms with Crippen LogP contribution >= 0.6 is 11.6 Å². The van der Waals surface area contributed by atoms with Crippen LogP contribution in [0.4, 0.5) is 11.4 Å². The van der Waals surface area contributed by atoms with E-state index in [1.54, 1.807) is 16.8 Å². The summed E-state index contributed by atoms with van der Waals surface area (Å²) >= 11 is 6.03. The SMILES string of the molecule is Cc1ccc(-n2cnnn2)cc1NCC(=O)Nc1ccccc1Cl. The summed E-state index contributed by atoms with van der Waals surface area (Å²) < 4.78 is 1.55. The van der Waals surface area contributed by atoms with Gasteiger partial charge in [-0.3, -0.25) is 4.79 Å². The van der Waals surface area contributed by atoms with Gasteiger partial charge in [0.1, 0.15) is 6.33 Å². The summed E-state index contributed by atoms with van der Waals surface area (Å²) in [5.41, 5.74) is 3.24. The highest BCUT2D eigenvalue weighted by Gasteiger charge is 2.07.